The Morgan fingerprint density at radius 3 is 2.47 bits per heavy atom. The first kappa shape index (κ1) is 26.4. The molecule has 0 fully saturated rings. The first-order chi connectivity index (χ1) is 18.3. The van der Waals surface area contributed by atoms with Gasteiger partial charge in [0.2, 0.25) is 5.55 Å². The van der Waals surface area contributed by atoms with Gasteiger partial charge in [-0.2, -0.15) is 0 Å². The Bertz CT molecular complexity index is 1560. The van der Waals surface area contributed by atoms with Crippen molar-refractivity contribution in [2.24, 2.45) is 4.99 Å². The van der Waals surface area contributed by atoms with E-state index >= 15 is 0 Å². The third-order valence-electron chi connectivity index (χ3n) is 5.89. The van der Waals surface area contributed by atoms with Crippen molar-refractivity contribution >= 4 is 34.2 Å². The van der Waals surface area contributed by atoms with Crippen molar-refractivity contribution in [3.63, 3.8) is 0 Å². The number of fused-ring (bicyclic) bond motifs is 1. The molecule has 0 bridgehead atoms. The van der Waals surface area contributed by atoms with Crippen LogP contribution in [-0.2, 0) is 16.1 Å². The molecule has 0 aliphatic carbocycles. The summed E-state index contributed by atoms with van der Waals surface area (Å²) in [6.45, 7) is 5.49. The second-order valence-corrected chi connectivity index (χ2v) is 8.56. The Balaban J connectivity index is 1.87. The molecule has 1 amide bonds. The summed E-state index contributed by atoms with van der Waals surface area (Å²) in [5.41, 5.74) is 4.10. The second-order valence-electron chi connectivity index (χ2n) is 8.56. The molecule has 0 aliphatic heterocycles. The molecule has 9 nitrogen and oxygen atoms in total. The molecule has 0 unspecified atom stereocenters. The van der Waals surface area contributed by atoms with Crippen molar-refractivity contribution in [1.29, 1.82) is 0 Å². The van der Waals surface area contributed by atoms with E-state index in [4.69, 9.17) is 18.6 Å². The second kappa shape index (κ2) is 11.6. The molecule has 0 spiro atoms. The fourth-order valence-electron chi connectivity index (χ4n) is 3.74. The van der Waals surface area contributed by atoms with Crippen LogP contribution in [0.4, 0.5) is 11.4 Å². The molecular weight excluding hydrogens is 486 g/mol. The number of ether oxygens (including phenoxy) is 3. The summed E-state index contributed by atoms with van der Waals surface area (Å²) in [4.78, 5) is 34.5. The number of nitrogens with zero attached hydrogens (tertiary/aromatic N) is 2. The Morgan fingerprint density at radius 2 is 1.79 bits per heavy atom. The topological polar surface area (TPSA) is 112 Å². The van der Waals surface area contributed by atoms with Gasteiger partial charge >= 0.3 is 5.97 Å². The normalized spacial score (nSPS) is 11.3. The number of hydrogen-bond donors (Lipinski definition) is 1. The third kappa shape index (κ3) is 5.83. The van der Waals surface area contributed by atoms with Gasteiger partial charge in [-0.3, -0.25) is 14.6 Å². The number of carbonyl (C=O) groups is 2. The first-order valence-corrected chi connectivity index (χ1v) is 12.1. The Hall–Kier alpha value is -4.66. The van der Waals surface area contributed by atoms with Crippen molar-refractivity contribution in [3.8, 4) is 11.5 Å². The van der Waals surface area contributed by atoms with Gasteiger partial charge in [0.25, 0.3) is 5.91 Å². The molecule has 38 heavy (non-hydrogen) atoms. The van der Waals surface area contributed by atoms with Crippen LogP contribution in [-0.4, -0.2) is 31.1 Å². The highest BCUT2D eigenvalue weighted by Gasteiger charge is 2.19. The summed E-state index contributed by atoms with van der Waals surface area (Å²) in [6.07, 6.45) is 1.86. The minimum absolute atomic E-state index is 0.00616. The number of hydrogen-bond acceptors (Lipinski definition) is 8. The highest BCUT2D eigenvalue weighted by Crippen LogP contribution is 2.30. The lowest BCUT2D eigenvalue weighted by molar-refractivity contribution is -0.144. The number of amides is 1. The van der Waals surface area contributed by atoms with Crippen LogP contribution in [0.2, 0.25) is 0 Å². The van der Waals surface area contributed by atoms with Gasteiger partial charge in [-0.1, -0.05) is 24.6 Å². The number of rotatable bonds is 8. The van der Waals surface area contributed by atoms with Crippen molar-refractivity contribution in [2.45, 2.75) is 33.8 Å². The third-order valence-corrected chi connectivity index (χ3v) is 5.89. The standard InChI is InChI=1S/C29H29N3O6/c1-6-26(33)37-16-19-15-30-18(3)27-22(19)14-23(29(38-27)31-20-9-7-17(2)8-10-20)28(34)32-24-12-11-21(35-4)13-25(24)36-5/h7-15H,6,16H2,1-5H3,(H,32,34). The van der Waals surface area contributed by atoms with Crippen LogP contribution < -0.4 is 20.3 Å². The van der Waals surface area contributed by atoms with Gasteiger partial charge in [0.1, 0.15) is 23.7 Å². The molecule has 2 aromatic heterocycles. The summed E-state index contributed by atoms with van der Waals surface area (Å²) in [5, 5.41) is 3.48. The van der Waals surface area contributed by atoms with E-state index in [1.807, 2.05) is 31.2 Å². The summed E-state index contributed by atoms with van der Waals surface area (Å²) in [5.74, 6) is 0.215. The van der Waals surface area contributed by atoms with E-state index in [0.29, 0.717) is 45.1 Å². The number of aryl methyl sites for hydroxylation is 2. The molecule has 196 valence electrons. The number of esters is 1. The number of aromatic nitrogens is 1. The van der Waals surface area contributed by atoms with Crippen molar-refractivity contribution in [2.75, 3.05) is 19.5 Å². The van der Waals surface area contributed by atoms with Gasteiger partial charge in [0, 0.05) is 29.6 Å². The minimum Gasteiger partial charge on any atom is -0.497 e. The summed E-state index contributed by atoms with van der Waals surface area (Å²) < 4.78 is 22.2. The molecule has 0 saturated heterocycles. The van der Waals surface area contributed by atoms with Crippen LogP contribution in [0.25, 0.3) is 11.0 Å². The number of carbonyl (C=O) groups excluding carboxylic acids is 2. The fourth-order valence-corrected chi connectivity index (χ4v) is 3.74. The average molecular weight is 516 g/mol. The lowest BCUT2D eigenvalue weighted by Gasteiger charge is -2.13. The summed E-state index contributed by atoms with van der Waals surface area (Å²) in [6, 6.07) is 14.3. The SMILES string of the molecule is CCC(=O)OCc1cnc(C)c2oc(=Nc3ccc(C)cc3)c(C(=O)Nc3ccc(OC)cc3OC)cc12. The fraction of sp³-hybridized carbons (Fsp3) is 0.241. The Labute approximate surface area is 220 Å². The van der Waals surface area contributed by atoms with Gasteiger partial charge < -0.3 is 23.9 Å². The van der Waals surface area contributed by atoms with Crippen LogP contribution in [0.1, 0.15) is 40.5 Å². The highest BCUT2D eigenvalue weighted by molar-refractivity contribution is 6.06. The van der Waals surface area contributed by atoms with Crippen LogP contribution >= 0.6 is 0 Å². The lowest BCUT2D eigenvalue weighted by Crippen LogP contribution is -2.22. The van der Waals surface area contributed by atoms with E-state index in [9.17, 15) is 9.59 Å². The van der Waals surface area contributed by atoms with E-state index in [2.05, 4.69) is 15.3 Å². The maximum atomic E-state index is 13.6. The lowest BCUT2D eigenvalue weighted by atomic mass is 10.1. The molecule has 4 aromatic rings. The first-order valence-electron chi connectivity index (χ1n) is 12.1. The largest absolute Gasteiger partial charge is 0.497 e. The zero-order valence-corrected chi connectivity index (χ0v) is 22.0. The molecular formula is C29H29N3O6. The van der Waals surface area contributed by atoms with Crippen molar-refractivity contribution < 1.29 is 28.2 Å². The van der Waals surface area contributed by atoms with Crippen molar-refractivity contribution in [1.82, 2.24) is 4.98 Å². The van der Waals surface area contributed by atoms with E-state index in [1.165, 1.54) is 7.11 Å². The van der Waals surface area contributed by atoms with Crippen LogP contribution in [0.15, 0.2) is 64.1 Å². The van der Waals surface area contributed by atoms with E-state index in [0.717, 1.165) is 5.56 Å². The quantitative estimate of drug-likeness (QED) is 0.313. The molecule has 1 N–H and O–H groups in total. The highest BCUT2D eigenvalue weighted by atomic mass is 16.5. The number of pyridine rings is 1. The van der Waals surface area contributed by atoms with Gasteiger partial charge in [-0.05, 0) is 44.2 Å². The zero-order chi connectivity index (χ0) is 27.2. The average Bonchev–Trinajstić information content (AvgIpc) is 2.93. The van der Waals surface area contributed by atoms with E-state index in [-0.39, 0.29) is 30.1 Å². The Morgan fingerprint density at radius 1 is 1.03 bits per heavy atom. The van der Waals surface area contributed by atoms with E-state index in [1.54, 1.807) is 51.4 Å². The zero-order valence-electron chi connectivity index (χ0n) is 22.0. The van der Waals surface area contributed by atoms with Gasteiger partial charge in [0.05, 0.1) is 31.3 Å². The number of anilines is 1. The minimum atomic E-state index is -0.462. The smallest absolute Gasteiger partial charge is 0.305 e. The van der Waals surface area contributed by atoms with Gasteiger partial charge in [-0.15, -0.1) is 0 Å². The maximum Gasteiger partial charge on any atom is 0.305 e. The van der Waals surface area contributed by atoms with E-state index < -0.39 is 5.91 Å². The van der Waals surface area contributed by atoms with Crippen molar-refractivity contribution in [3.05, 3.63) is 82.7 Å². The maximum absolute atomic E-state index is 13.6. The van der Waals surface area contributed by atoms with Crippen LogP contribution in [0, 0.1) is 13.8 Å². The molecule has 2 heterocycles. The number of methoxy groups -OCH3 is 2. The van der Waals surface area contributed by atoms with Gasteiger partial charge in [0.15, 0.2) is 5.58 Å². The molecule has 4 rings (SSSR count). The number of nitrogens with one attached hydrogen (secondary N) is 1. The molecule has 2 aromatic carbocycles. The molecule has 0 atom stereocenters. The molecule has 9 heteroatoms. The predicted molar refractivity (Wildman–Crippen MR) is 143 cm³/mol. The van der Waals surface area contributed by atoms with Crippen LogP contribution in [0.3, 0.4) is 0 Å². The molecule has 0 aliphatic rings. The summed E-state index contributed by atoms with van der Waals surface area (Å²) >= 11 is 0. The summed E-state index contributed by atoms with van der Waals surface area (Å²) in [7, 11) is 3.06. The van der Waals surface area contributed by atoms with Crippen LogP contribution in [0.5, 0.6) is 11.5 Å². The Kier molecular flexibility index (Phi) is 8.06. The molecule has 0 saturated carbocycles. The predicted octanol–water partition coefficient (Wildman–Crippen LogP) is 5.40. The monoisotopic (exact) mass is 515 g/mol. The molecule has 0 radical (unpaired) electrons. The van der Waals surface area contributed by atoms with Gasteiger partial charge in [-0.25, -0.2) is 4.99 Å². The number of benzene rings is 2.